The van der Waals surface area contributed by atoms with Crippen molar-refractivity contribution in [1.29, 1.82) is 0 Å². The summed E-state index contributed by atoms with van der Waals surface area (Å²) in [6.45, 7) is 1.47. The Morgan fingerprint density at radius 1 is 1.04 bits per heavy atom. The molecule has 0 aromatic heterocycles. The minimum Gasteiger partial charge on any atom is -0.447 e. The highest BCUT2D eigenvalue weighted by molar-refractivity contribution is 5.99. The van der Waals surface area contributed by atoms with Crippen LogP contribution in [0.2, 0.25) is 0 Å². The van der Waals surface area contributed by atoms with Crippen LogP contribution < -0.4 is 5.32 Å². The second kappa shape index (κ2) is 9.31. The van der Waals surface area contributed by atoms with Gasteiger partial charge in [-0.15, -0.1) is 0 Å². The quantitative estimate of drug-likeness (QED) is 0.559. The number of ether oxygens (including phenoxy) is 1. The molecule has 0 radical (unpaired) electrons. The number of anilines is 1. The Morgan fingerprint density at radius 2 is 1.75 bits per heavy atom. The predicted molar refractivity (Wildman–Crippen MR) is 107 cm³/mol. The third-order valence-corrected chi connectivity index (χ3v) is 5.06. The molecule has 1 N–H and O–H groups in total. The van der Waals surface area contributed by atoms with Gasteiger partial charge in [0, 0.05) is 23.2 Å². The number of carbonyl (C=O) groups is 3. The summed E-state index contributed by atoms with van der Waals surface area (Å²) >= 11 is 0. The third kappa shape index (κ3) is 5.28. The number of ketones is 1. The molecule has 1 amide bonds. The van der Waals surface area contributed by atoms with Crippen molar-refractivity contribution in [2.45, 2.75) is 45.1 Å². The maximum absolute atomic E-state index is 12.9. The molecule has 2 aromatic carbocycles. The van der Waals surface area contributed by atoms with Gasteiger partial charge in [0.1, 0.15) is 0 Å². The molecule has 0 saturated heterocycles. The number of nitrogens with one attached hydrogen (secondary N) is 1. The topological polar surface area (TPSA) is 72.5 Å². The summed E-state index contributed by atoms with van der Waals surface area (Å²) in [5.74, 6) is -0.530. The SMILES string of the molecule is CC(=O)c1cccc(NC(=O)C(OC(=O)CC2CCCC2)c2ccccc2)c1. The van der Waals surface area contributed by atoms with Crippen molar-refractivity contribution in [3.63, 3.8) is 0 Å². The highest BCUT2D eigenvalue weighted by Crippen LogP contribution is 2.29. The second-order valence-corrected chi connectivity index (χ2v) is 7.26. The first-order valence-corrected chi connectivity index (χ1v) is 9.69. The highest BCUT2D eigenvalue weighted by Gasteiger charge is 2.27. The van der Waals surface area contributed by atoms with E-state index in [4.69, 9.17) is 4.74 Å². The van der Waals surface area contributed by atoms with E-state index in [2.05, 4.69) is 5.32 Å². The van der Waals surface area contributed by atoms with Gasteiger partial charge in [0.2, 0.25) is 6.10 Å². The maximum Gasteiger partial charge on any atom is 0.307 e. The largest absolute Gasteiger partial charge is 0.447 e. The molecular weight excluding hydrogens is 354 g/mol. The molecule has 0 heterocycles. The van der Waals surface area contributed by atoms with Crippen molar-refractivity contribution in [3.8, 4) is 0 Å². The van der Waals surface area contributed by atoms with Gasteiger partial charge in [-0.3, -0.25) is 14.4 Å². The zero-order valence-electron chi connectivity index (χ0n) is 16.0. The molecule has 5 nitrogen and oxygen atoms in total. The van der Waals surface area contributed by atoms with E-state index in [0.29, 0.717) is 29.2 Å². The molecule has 5 heteroatoms. The van der Waals surface area contributed by atoms with Gasteiger partial charge in [0.15, 0.2) is 5.78 Å². The van der Waals surface area contributed by atoms with Crippen molar-refractivity contribution in [3.05, 3.63) is 65.7 Å². The summed E-state index contributed by atoms with van der Waals surface area (Å²) in [7, 11) is 0. The lowest BCUT2D eigenvalue weighted by Gasteiger charge is -2.19. The van der Waals surface area contributed by atoms with Gasteiger partial charge < -0.3 is 10.1 Å². The fourth-order valence-electron chi connectivity index (χ4n) is 3.55. The molecule has 1 saturated carbocycles. The predicted octanol–water partition coefficient (Wildman–Crippen LogP) is 4.69. The van der Waals surface area contributed by atoms with Crippen LogP contribution in [-0.2, 0) is 14.3 Å². The molecule has 146 valence electrons. The van der Waals surface area contributed by atoms with Gasteiger partial charge in [0.05, 0.1) is 0 Å². The van der Waals surface area contributed by atoms with Gasteiger partial charge in [-0.1, -0.05) is 55.3 Å². The number of rotatable bonds is 7. The van der Waals surface area contributed by atoms with Crippen LogP contribution in [0.15, 0.2) is 54.6 Å². The number of hydrogen-bond donors (Lipinski definition) is 1. The molecule has 1 atom stereocenters. The first kappa shape index (κ1) is 19.8. The van der Waals surface area contributed by atoms with Crippen molar-refractivity contribution in [2.24, 2.45) is 5.92 Å². The Bertz CT molecular complexity index is 841. The van der Waals surface area contributed by atoms with Crippen molar-refractivity contribution >= 4 is 23.3 Å². The van der Waals surface area contributed by atoms with E-state index in [1.54, 1.807) is 48.5 Å². The highest BCUT2D eigenvalue weighted by atomic mass is 16.5. The number of hydrogen-bond acceptors (Lipinski definition) is 4. The average molecular weight is 379 g/mol. The smallest absolute Gasteiger partial charge is 0.307 e. The number of benzene rings is 2. The van der Waals surface area contributed by atoms with Crippen molar-refractivity contribution in [1.82, 2.24) is 0 Å². The fraction of sp³-hybridized carbons (Fsp3) is 0.348. The van der Waals surface area contributed by atoms with Crippen LogP contribution in [0, 0.1) is 5.92 Å². The lowest BCUT2D eigenvalue weighted by Crippen LogP contribution is -2.26. The second-order valence-electron chi connectivity index (χ2n) is 7.26. The first-order valence-electron chi connectivity index (χ1n) is 9.69. The van der Waals surface area contributed by atoms with Gasteiger partial charge in [-0.25, -0.2) is 0 Å². The van der Waals surface area contributed by atoms with Crippen molar-refractivity contribution in [2.75, 3.05) is 5.32 Å². The summed E-state index contributed by atoms with van der Waals surface area (Å²) in [5.41, 5.74) is 1.61. The molecule has 1 aliphatic rings. The Labute approximate surface area is 165 Å². The molecule has 0 bridgehead atoms. The fourth-order valence-corrected chi connectivity index (χ4v) is 3.55. The molecule has 1 aliphatic carbocycles. The maximum atomic E-state index is 12.9. The Kier molecular flexibility index (Phi) is 6.58. The van der Waals surface area contributed by atoms with Crippen LogP contribution in [0.25, 0.3) is 0 Å². The zero-order valence-corrected chi connectivity index (χ0v) is 16.0. The van der Waals surface area contributed by atoms with Crippen LogP contribution in [-0.4, -0.2) is 17.7 Å². The molecule has 0 aliphatic heterocycles. The van der Waals surface area contributed by atoms with Gasteiger partial charge in [-0.2, -0.15) is 0 Å². The van der Waals surface area contributed by atoms with E-state index in [-0.39, 0.29) is 11.8 Å². The molecule has 3 rings (SSSR count). The summed E-state index contributed by atoms with van der Waals surface area (Å²) in [5, 5.41) is 2.77. The number of esters is 1. The van der Waals surface area contributed by atoms with Crippen LogP contribution in [0.1, 0.15) is 61.1 Å². The van der Waals surface area contributed by atoms with E-state index in [9.17, 15) is 14.4 Å². The average Bonchev–Trinajstić information content (AvgIpc) is 3.20. The lowest BCUT2D eigenvalue weighted by molar-refractivity contribution is -0.155. The normalized spacial score (nSPS) is 15.0. The molecule has 1 fully saturated rings. The van der Waals surface area contributed by atoms with E-state index in [0.717, 1.165) is 25.7 Å². The van der Waals surface area contributed by atoms with Gasteiger partial charge in [0.25, 0.3) is 5.91 Å². The molecule has 1 unspecified atom stereocenters. The molecular formula is C23H25NO4. The standard InChI is InChI=1S/C23H25NO4/c1-16(25)19-12-7-13-20(15-19)24-23(27)22(18-10-3-2-4-11-18)28-21(26)14-17-8-5-6-9-17/h2-4,7,10-13,15,17,22H,5-6,8-9,14H2,1H3,(H,24,27). The third-order valence-electron chi connectivity index (χ3n) is 5.06. The Balaban J connectivity index is 1.74. The first-order chi connectivity index (χ1) is 13.5. The van der Waals surface area contributed by atoms with E-state index >= 15 is 0 Å². The van der Waals surface area contributed by atoms with E-state index in [1.807, 2.05) is 6.07 Å². The Morgan fingerprint density at radius 3 is 2.43 bits per heavy atom. The van der Waals surface area contributed by atoms with Crippen LogP contribution >= 0.6 is 0 Å². The van der Waals surface area contributed by atoms with Crippen LogP contribution in [0.4, 0.5) is 5.69 Å². The zero-order chi connectivity index (χ0) is 19.9. The van der Waals surface area contributed by atoms with Gasteiger partial charge in [-0.05, 0) is 37.8 Å². The summed E-state index contributed by atoms with van der Waals surface area (Å²) in [6.07, 6.45) is 3.68. The summed E-state index contributed by atoms with van der Waals surface area (Å²) in [4.78, 5) is 36.9. The minimum absolute atomic E-state index is 0.0845. The monoisotopic (exact) mass is 379 g/mol. The van der Waals surface area contributed by atoms with E-state index < -0.39 is 12.0 Å². The molecule has 0 spiro atoms. The molecule has 2 aromatic rings. The molecule has 28 heavy (non-hydrogen) atoms. The summed E-state index contributed by atoms with van der Waals surface area (Å²) in [6, 6.07) is 15.7. The number of Topliss-reactive ketones (excluding diaryl/α,β-unsaturated/α-hetero) is 1. The lowest BCUT2D eigenvalue weighted by atomic mass is 10.0. The van der Waals surface area contributed by atoms with Gasteiger partial charge >= 0.3 is 5.97 Å². The summed E-state index contributed by atoms with van der Waals surface area (Å²) < 4.78 is 5.59. The van der Waals surface area contributed by atoms with Crippen molar-refractivity contribution < 1.29 is 19.1 Å². The Hall–Kier alpha value is -2.95. The number of carbonyl (C=O) groups excluding carboxylic acids is 3. The van der Waals surface area contributed by atoms with Crippen LogP contribution in [0.3, 0.4) is 0 Å². The van der Waals surface area contributed by atoms with Crippen LogP contribution in [0.5, 0.6) is 0 Å². The van der Waals surface area contributed by atoms with E-state index in [1.165, 1.54) is 6.92 Å². The minimum atomic E-state index is -1.03. The number of amides is 1.